The van der Waals surface area contributed by atoms with Crippen molar-refractivity contribution in [3.05, 3.63) is 58.8 Å². The van der Waals surface area contributed by atoms with Gasteiger partial charge in [-0.3, -0.25) is 9.78 Å². The standard InChI is InChI=1S/C20H20BrN5O2/c21-15-7-3-2-6-14(15)12-17(27)25-20(8-4-1-5-9-20)19-24-18(26-28-19)16-13-22-10-11-23-16/h2-3,6-7,10-11,13H,1,4-5,8-9,12H2,(H,25,27). The molecule has 1 aromatic carbocycles. The van der Waals surface area contributed by atoms with Crippen molar-refractivity contribution < 1.29 is 9.32 Å². The summed E-state index contributed by atoms with van der Waals surface area (Å²) < 4.78 is 6.51. The molecule has 0 atom stereocenters. The van der Waals surface area contributed by atoms with E-state index in [2.05, 4.69) is 41.4 Å². The summed E-state index contributed by atoms with van der Waals surface area (Å²) in [5, 5.41) is 7.26. The highest BCUT2D eigenvalue weighted by Gasteiger charge is 2.40. The first-order valence-electron chi connectivity index (χ1n) is 9.31. The molecule has 0 aliphatic heterocycles. The van der Waals surface area contributed by atoms with Gasteiger partial charge in [0.2, 0.25) is 11.7 Å². The predicted octanol–water partition coefficient (Wildman–Crippen LogP) is 3.81. The van der Waals surface area contributed by atoms with Crippen LogP contribution in [-0.4, -0.2) is 26.0 Å². The highest BCUT2D eigenvalue weighted by molar-refractivity contribution is 9.10. The normalized spacial score (nSPS) is 15.9. The van der Waals surface area contributed by atoms with E-state index in [1.807, 2.05) is 24.3 Å². The van der Waals surface area contributed by atoms with Crippen LogP contribution in [0.15, 0.2) is 51.9 Å². The van der Waals surface area contributed by atoms with Crippen molar-refractivity contribution in [3.8, 4) is 11.5 Å². The topological polar surface area (TPSA) is 93.8 Å². The number of amides is 1. The Morgan fingerprint density at radius 1 is 1.18 bits per heavy atom. The van der Waals surface area contributed by atoms with Crippen molar-refractivity contribution in [1.29, 1.82) is 0 Å². The predicted molar refractivity (Wildman–Crippen MR) is 106 cm³/mol. The number of hydrogen-bond acceptors (Lipinski definition) is 6. The molecule has 2 aromatic heterocycles. The molecule has 1 amide bonds. The molecule has 3 aromatic rings. The van der Waals surface area contributed by atoms with Crippen LogP contribution in [0.25, 0.3) is 11.5 Å². The van der Waals surface area contributed by atoms with Gasteiger partial charge in [-0.15, -0.1) is 0 Å². The second-order valence-electron chi connectivity index (χ2n) is 6.97. The molecule has 1 N–H and O–H groups in total. The number of halogens is 1. The number of carbonyl (C=O) groups excluding carboxylic acids is 1. The van der Waals surface area contributed by atoms with E-state index in [1.54, 1.807) is 18.6 Å². The monoisotopic (exact) mass is 441 g/mol. The van der Waals surface area contributed by atoms with Crippen molar-refractivity contribution in [1.82, 2.24) is 25.4 Å². The fourth-order valence-corrected chi connectivity index (χ4v) is 4.03. The largest absolute Gasteiger partial charge is 0.341 e. The first-order valence-corrected chi connectivity index (χ1v) is 10.1. The Kier molecular flexibility index (Phi) is 5.47. The lowest BCUT2D eigenvalue weighted by molar-refractivity contribution is -0.123. The third kappa shape index (κ3) is 3.96. The molecular formula is C20H20BrN5O2. The number of benzene rings is 1. The molecule has 4 rings (SSSR count). The van der Waals surface area contributed by atoms with E-state index in [0.29, 0.717) is 17.4 Å². The molecule has 0 unspecified atom stereocenters. The smallest absolute Gasteiger partial charge is 0.252 e. The quantitative estimate of drug-likeness (QED) is 0.646. The Hall–Kier alpha value is -2.61. The van der Waals surface area contributed by atoms with Crippen molar-refractivity contribution in [2.45, 2.75) is 44.1 Å². The van der Waals surface area contributed by atoms with Crippen LogP contribution in [0.3, 0.4) is 0 Å². The molecule has 144 valence electrons. The number of rotatable bonds is 5. The molecule has 1 aliphatic carbocycles. The average Bonchev–Trinajstić information content (AvgIpc) is 3.22. The van der Waals surface area contributed by atoms with Gasteiger partial charge in [-0.1, -0.05) is 58.5 Å². The summed E-state index contributed by atoms with van der Waals surface area (Å²) in [6.07, 6.45) is 9.73. The van der Waals surface area contributed by atoms with Gasteiger partial charge in [-0.05, 0) is 24.5 Å². The maximum atomic E-state index is 12.8. The zero-order chi connectivity index (χ0) is 19.4. The van der Waals surface area contributed by atoms with Crippen LogP contribution in [-0.2, 0) is 16.8 Å². The molecule has 2 heterocycles. The van der Waals surface area contributed by atoms with Crippen molar-refractivity contribution >= 4 is 21.8 Å². The Labute approximate surface area is 171 Å². The lowest BCUT2D eigenvalue weighted by Gasteiger charge is -2.34. The zero-order valence-electron chi connectivity index (χ0n) is 15.3. The van der Waals surface area contributed by atoms with Crippen LogP contribution < -0.4 is 5.32 Å². The molecule has 8 heteroatoms. The molecule has 28 heavy (non-hydrogen) atoms. The highest BCUT2D eigenvalue weighted by Crippen LogP contribution is 2.37. The molecule has 0 spiro atoms. The van der Waals surface area contributed by atoms with Crippen molar-refractivity contribution in [3.63, 3.8) is 0 Å². The summed E-state index contributed by atoms with van der Waals surface area (Å²) in [5.41, 5.74) is 0.851. The summed E-state index contributed by atoms with van der Waals surface area (Å²) >= 11 is 3.50. The summed E-state index contributed by atoms with van der Waals surface area (Å²) in [6, 6.07) is 7.73. The van der Waals surface area contributed by atoms with Gasteiger partial charge >= 0.3 is 0 Å². The number of hydrogen-bond donors (Lipinski definition) is 1. The Balaban J connectivity index is 1.58. The third-order valence-corrected chi connectivity index (χ3v) is 5.80. The van der Waals surface area contributed by atoms with E-state index in [-0.39, 0.29) is 12.3 Å². The molecule has 1 saturated carbocycles. The molecule has 7 nitrogen and oxygen atoms in total. The minimum atomic E-state index is -0.635. The second-order valence-corrected chi connectivity index (χ2v) is 7.83. The van der Waals surface area contributed by atoms with Crippen LogP contribution in [0.1, 0.15) is 43.6 Å². The minimum Gasteiger partial charge on any atom is -0.341 e. The molecule has 1 fully saturated rings. The number of nitrogens with one attached hydrogen (secondary N) is 1. The first kappa shape index (κ1) is 18.7. The first-order chi connectivity index (χ1) is 13.7. The van der Waals surface area contributed by atoms with Crippen LogP contribution in [0.2, 0.25) is 0 Å². The van der Waals surface area contributed by atoms with Crippen LogP contribution >= 0.6 is 15.9 Å². The number of nitrogens with zero attached hydrogens (tertiary/aromatic N) is 4. The summed E-state index contributed by atoms with van der Waals surface area (Å²) in [6.45, 7) is 0. The molecular weight excluding hydrogens is 422 g/mol. The Morgan fingerprint density at radius 2 is 2.00 bits per heavy atom. The van der Waals surface area contributed by atoms with Gasteiger partial charge in [0, 0.05) is 16.9 Å². The molecule has 1 aliphatic rings. The molecule has 0 saturated heterocycles. The van der Waals surface area contributed by atoms with Gasteiger partial charge in [0.25, 0.3) is 5.89 Å². The maximum Gasteiger partial charge on any atom is 0.252 e. The van der Waals surface area contributed by atoms with Gasteiger partial charge in [0.05, 0.1) is 12.6 Å². The average molecular weight is 442 g/mol. The second kappa shape index (κ2) is 8.18. The Bertz CT molecular complexity index is 954. The summed E-state index contributed by atoms with van der Waals surface area (Å²) in [4.78, 5) is 25.7. The van der Waals surface area contributed by atoms with Gasteiger partial charge in [-0.25, -0.2) is 4.98 Å². The van der Waals surface area contributed by atoms with Gasteiger partial charge in [-0.2, -0.15) is 4.98 Å². The maximum absolute atomic E-state index is 12.8. The third-order valence-electron chi connectivity index (χ3n) is 5.02. The van der Waals surface area contributed by atoms with Crippen LogP contribution in [0.5, 0.6) is 0 Å². The van der Waals surface area contributed by atoms with Gasteiger partial charge in [0.15, 0.2) is 0 Å². The van der Waals surface area contributed by atoms with Gasteiger partial charge in [0.1, 0.15) is 11.2 Å². The fourth-order valence-electron chi connectivity index (χ4n) is 3.61. The van der Waals surface area contributed by atoms with E-state index in [4.69, 9.17) is 4.52 Å². The van der Waals surface area contributed by atoms with Crippen LogP contribution in [0, 0.1) is 0 Å². The fraction of sp³-hybridized carbons (Fsp3) is 0.350. The Morgan fingerprint density at radius 3 is 2.75 bits per heavy atom. The molecule has 0 bridgehead atoms. The van der Waals surface area contributed by atoms with E-state index in [9.17, 15) is 4.79 Å². The number of carbonyl (C=O) groups is 1. The lowest BCUT2D eigenvalue weighted by Crippen LogP contribution is -2.48. The molecule has 0 radical (unpaired) electrons. The number of aromatic nitrogens is 4. The van der Waals surface area contributed by atoms with E-state index >= 15 is 0 Å². The van der Waals surface area contributed by atoms with E-state index in [1.165, 1.54) is 0 Å². The minimum absolute atomic E-state index is 0.0620. The van der Waals surface area contributed by atoms with E-state index in [0.717, 1.165) is 42.1 Å². The zero-order valence-corrected chi connectivity index (χ0v) is 16.9. The SMILES string of the molecule is O=C(Cc1ccccc1Br)NC1(c2nc(-c3cnccn3)no2)CCCCC1. The highest BCUT2D eigenvalue weighted by atomic mass is 79.9. The van der Waals surface area contributed by atoms with Crippen molar-refractivity contribution in [2.24, 2.45) is 0 Å². The van der Waals surface area contributed by atoms with Crippen LogP contribution in [0.4, 0.5) is 0 Å². The van der Waals surface area contributed by atoms with E-state index < -0.39 is 5.54 Å². The summed E-state index contributed by atoms with van der Waals surface area (Å²) in [5.74, 6) is 0.759. The lowest BCUT2D eigenvalue weighted by atomic mass is 9.81. The summed E-state index contributed by atoms with van der Waals surface area (Å²) in [7, 11) is 0. The van der Waals surface area contributed by atoms with Crippen molar-refractivity contribution in [2.75, 3.05) is 0 Å². The van der Waals surface area contributed by atoms with Gasteiger partial charge < -0.3 is 9.84 Å².